The van der Waals surface area contributed by atoms with Gasteiger partial charge in [0.05, 0.1) is 6.61 Å². The standard InChI is InChI=1S/C11H12F3NO3/c1-7-5-9(8(6-15-7)10(16)17)18-4-2-3-11(12,13)14/h5-6H,2-4H2,1H3,(H,16,17). The van der Waals surface area contributed by atoms with Crippen LogP contribution >= 0.6 is 0 Å². The molecule has 0 aliphatic heterocycles. The molecule has 1 aromatic rings. The van der Waals surface area contributed by atoms with Gasteiger partial charge in [0.15, 0.2) is 0 Å². The third kappa shape index (κ3) is 4.60. The van der Waals surface area contributed by atoms with E-state index >= 15 is 0 Å². The van der Waals surface area contributed by atoms with E-state index in [0.29, 0.717) is 5.69 Å². The molecule has 18 heavy (non-hydrogen) atoms. The molecule has 0 aliphatic carbocycles. The van der Waals surface area contributed by atoms with Crippen molar-refractivity contribution in [2.45, 2.75) is 25.9 Å². The molecule has 0 unspecified atom stereocenters. The highest BCUT2D eigenvalue weighted by molar-refractivity contribution is 5.90. The topological polar surface area (TPSA) is 59.4 Å². The largest absolute Gasteiger partial charge is 0.493 e. The minimum atomic E-state index is -4.23. The first kappa shape index (κ1) is 14.3. The predicted octanol–water partition coefficient (Wildman–Crippen LogP) is 2.81. The Morgan fingerprint density at radius 1 is 1.50 bits per heavy atom. The van der Waals surface area contributed by atoms with Crippen LogP contribution in [0, 0.1) is 6.92 Å². The molecule has 0 aliphatic rings. The van der Waals surface area contributed by atoms with E-state index in [2.05, 4.69) is 4.98 Å². The van der Waals surface area contributed by atoms with E-state index in [4.69, 9.17) is 9.84 Å². The smallest absolute Gasteiger partial charge is 0.389 e. The van der Waals surface area contributed by atoms with Crippen LogP contribution < -0.4 is 4.74 Å². The Morgan fingerprint density at radius 2 is 2.17 bits per heavy atom. The number of hydrogen-bond donors (Lipinski definition) is 1. The van der Waals surface area contributed by atoms with Gasteiger partial charge in [-0.1, -0.05) is 0 Å². The monoisotopic (exact) mass is 263 g/mol. The Labute approximate surface area is 101 Å². The fourth-order valence-electron chi connectivity index (χ4n) is 1.27. The maximum Gasteiger partial charge on any atom is 0.389 e. The van der Waals surface area contributed by atoms with Gasteiger partial charge >= 0.3 is 12.1 Å². The Kier molecular flexibility index (Phi) is 4.52. The zero-order chi connectivity index (χ0) is 13.8. The number of nitrogens with zero attached hydrogens (tertiary/aromatic N) is 1. The molecule has 0 saturated carbocycles. The van der Waals surface area contributed by atoms with Gasteiger partial charge in [0.2, 0.25) is 0 Å². The van der Waals surface area contributed by atoms with Gasteiger partial charge in [-0.15, -0.1) is 0 Å². The van der Waals surface area contributed by atoms with Crippen LogP contribution in [0.25, 0.3) is 0 Å². The molecule has 0 atom stereocenters. The molecule has 0 amide bonds. The number of pyridine rings is 1. The minimum Gasteiger partial charge on any atom is -0.493 e. The highest BCUT2D eigenvalue weighted by Crippen LogP contribution is 2.23. The molecule has 1 rings (SSSR count). The van der Waals surface area contributed by atoms with Crippen LogP contribution in [0.5, 0.6) is 5.75 Å². The second-order valence-electron chi connectivity index (χ2n) is 3.69. The van der Waals surface area contributed by atoms with Gasteiger partial charge in [-0.25, -0.2) is 4.79 Å². The van der Waals surface area contributed by atoms with Crippen LogP contribution in [0.1, 0.15) is 28.9 Å². The molecule has 0 radical (unpaired) electrons. The summed E-state index contributed by atoms with van der Waals surface area (Å²) in [7, 11) is 0. The quantitative estimate of drug-likeness (QED) is 0.830. The highest BCUT2D eigenvalue weighted by atomic mass is 19.4. The maximum atomic E-state index is 11.9. The molecule has 0 fully saturated rings. The molecule has 4 nitrogen and oxygen atoms in total. The number of carbonyl (C=O) groups is 1. The molecular formula is C11H12F3NO3. The van der Waals surface area contributed by atoms with Crippen molar-refractivity contribution in [3.8, 4) is 5.75 Å². The van der Waals surface area contributed by atoms with E-state index in [0.717, 1.165) is 6.20 Å². The van der Waals surface area contributed by atoms with Crippen molar-refractivity contribution in [3.63, 3.8) is 0 Å². The fraction of sp³-hybridized carbons (Fsp3) is 0.455. The molecule has 0 spiro atoms. The molecule has 100 valence electrons. The molecule has 1 aromatic heterocycles. The van der Waals surface area contributed by atoms with Gasteiger partial charge in [-0.2, -0.15) is 13.2 Å². The zero-order valence-electron chi connectivity index (χ0n) is 9.62. The van der Waals surface area contributed by atoms with Crippen LogP contribution in [-0.2, 0) is 0 Å². The molecule has 0 aromatic carbocycles. The van der Waals surface area contributed by atoms with Crippen molar-refractivity contribution in [3.05, 3.63) is 23.5 Å². The summed E-state index contributed by atoms with van der Waals surface area (Å²) in [5.74, 6) is -1.19. The lowest BCUT2D eigenvalue weighted by atomic mass is 10.2. The molecule has 0 saturated heterocycles. The van der Waals surface area contributed by atoms with E-state index in [1.165, 1.54) is 6.07 Å². The Morgan fingerprint density at radius 3 is 2.72 bits per heavy atom. The first-order valence-corrected chi connectivity index (χ1v) is 5.19. The van der Waals surface area contributed by atoms with E-state index in [-0.39, 0.29) is 24.3 Å². The van der Waals surface area contributed by atoms with E-state index in [1.807, 2.05) is 0 Å². The number of aromatic carboxylic acids is 1. The Balaban J connectivity index is 2.61. The number of halogens is 3. The normalized spacial score (nSPS) is 11.3. The number of aryl methyl sites for hydroxylation is 1. The number of hydrogen-bond acceptors (Lipinski definition) is 3. The number of ether oxygens (including phenoxy) is 1. The zero-order valence-corrected chi connectivity index (χ0v) is 9.62. The van der Waals surface area contributed by atoms with Gasteiger partial charge in [-0.3, -0.25) is 4.98 Å². The lowest BCUT2D eigenvalue weighted by Crippen LogP contribution is -2.11. The average Bonchev–Trinajstić information content (AvgIpc) is 2.22. The number of carboxylic acids is 1. The third-order valence-corrected chi connectivity index (χ3v) is 2.10. The first-order valence-electron chi connectivity index (χ1n) is 5.19. The van der Waals surface area contributed by atoms with E-state index in [9.17, 15) is 18.0 Å². The molecule has 0 bridgehead atoms. The molecule has 1 N–H and O–H groups in total. The van der Waals surface area contributed by atoms with Crippen LogP contribution in [0.3, 0.4) is 0 Å². The maximum absolute atomic E-state index is 11.9. The summed E-state index contributed by atoms with van der Waals surface area (Å²) < 4.78 is 40.7. The van der Waals surface area contributed by atoms with Crippen molar-refractivity contribution >= 4 is 5.97 Å². The van der Waals surface area contributed by atoms with Crippen LogP contribution in [-0.4, -0.2) is 28.8 Å². The predicted molar refractivity (Wildman–Crippen MR) is 56.7 cm³/mol. The van der Waals surface area contributed by atoms with Gasteiger partial charge in [-0.05, 0) is 13.3 Å². The van der Waals surface area contributed by atoms with Gasteiger partial charge < -0.3 is 9.84 Å². The average molecular weight is 263 g/mol. The van der Waals surface area contributed by atoms with Crippen molar-refractivity contribution < 1.29 is 27.8 Å². The summed E-state index contributed by atoms with van der Waals surface area (Å²) in [5, 5.41) is 8.84. The summed E-state index contributed by atoms with van der Waals surface area (Å²) in [5.41, 5.74) is 0.374. The Bertz CT molecular complexity index is 432. The second kappa shape index (κ2) is 5.70. The van der Waals surface area contributed by atoms with Crippen LogP contribution in [0.2, 0.25) is 0 Å². The first-order chi connectivity index (χ1) is 8.29. The molecule has 1 heterocycles. The van der Waals surface area contributed by atoms with E-state index in [1.54, 1.807) is 6.92 Å². The molecular weight excluding hydrogens is 251 g/mol. The fourth-order valence-corrected chi connectivity index (χ4v) is 1.27. The Hall–Kier alpha value is -1.79. The molecule has 7 heteroatoms. The SMILES string of the molecule is Cc1cc(OCCCC(F)(F)F)c(C(=O)O)cn1. The lowest BCUT2D eigenvalue weighted by molar-refractivity contribution is -0.136. The highest BCUT2D eigenvalue weighted by Gasteiger charge is 2.26. The number of rotatable bonds is 5. The summed E-state index contributed by atoms with van der Waals surface area (Å²) in [6.45, 7) is 1.44. The van der Waals surface area contributed by atoms with Crippen molar-refractivity contribution in [1.29, 1.82) is 0 Å². The number of carboxylic acid groups (broad SMARTS) is 1. The van der Waals surface area contributed by atoms with Crippen molar-refractivity contribution in [2.75, 3.05) is 6.61 Å². The number of aromatic nitrogens is 1. The van der Waals surface area contributed by atoms with Gasteiger partial charge in [0.25, 0.3) is 0 Å². The third-order valence-electron chi connectivity index (χ3n) is 2.10. The van der Waals surface area contributed by atoms with Gasteiger partial charge in [0, 0.05) is 24.4 Å². The summed E-state index contributed by atoms with van der Waals surface area (Å²) in [6.07, 6.45) is -4.28. The van der Waals surface area contributed by atoms with Gasteiger partial charge in [0.1, 0.15) is 11.3 Å². The summed E-state index contributed by atoms with van der Waals surface area (Å²) >= 11 is 0. The number of alkyl halides is 3. The van der Waals surface area contributed by atoms with Crippen LogP contribution in [0.4, 0.5) is 13.2 Å². The lowest BCUT2D eigenvalue weighted by Gasteiger charge is -2.10. The van der Waals surface area contributed by atoms with Crippen molar-refractivity contribution in [2.24, 2.45) is 0 Å². The van der Waals surface area contributed by atoms with Crippen molar-refractivity contribution in [1.82, 2.24) is 4.98 Å². The second-order valence-corrected chi connectivity index (χ2v) is 3.69. The summed E-state index contributed by atoms with van der Waals surface area (Å²) in [4.78, 5) is 14.6. The van der Waals surface area contributed by atoms with Crippen LogP contribution in [0.15, 0.2) is 12.3 Å². The minimum absolute atomic E-state index is 0.0391. The van der Waals surface area contributed by atoms with E-state index < -0.39 is 18.6 Å². The summed E-state index contributed by atoms with van der Waals surface area (Å²) in [6, 6.07) is 1.39.